The summed E-state index contributed by atoms with van der Waals surface area (Å²) in [7, 11) is 0. The van der Waals surface area contributed by atoms with Crippen molar-refractivity contribution in [1.82, 2.24) is 0 Å². The van der Waals surface area contributed by atoms with Gasteiger partial charge >= 0.3 is 5.95 Å². The summed E-state index contributed by atoms with van der Waals surface area (Å²) in [6, 6.07) is 0. The summed E-state index contributed by atoms with van der Waals surface area (Å²) in [5, 5.41) is 9.94. The predicted octanol–water partition coefficient (Wildman–Crippen LogP) is 0.000000000000000222. The third kappa shape index (κ3) is 2.54. The molecule has 0 saturated heterocycles. The molecule has 0 aromatic heterocycles. The van der Waals surface area contributed by atoms with Crippen LogP contribution < -0.4 is 5.73 Å². The largest absolute Gasteiger partial charge is 0.478 e. The van der Waals surface area contributed by atoms with Gasteiger partial charge in [0.15, 0.2) is 5.34 Å². The highest BCUT2D eigenvalue weighted by atomic mass is 16.8. The fourth-order valence-corrected chi connectivity index (χ4v) is 0.0686. The van der Waals surface area contributed by atoms with E-state index in [0.29, 0.717) is 6.20 Å². The van der Waals surface area contributed by atoms with E-state index in [2.05, 4.69) is 10.6 Å². The van der Waals surface area contributed by atoms with Crippen molar-refractivity contribution in [3.05, 3.63) is 17.1 Å². The third-order valence-electron chi connectivity index (χ3n) is 0.273. The molecule has 0 aliphatic rings. The molecule has 0 bridgehead atoms. The van der Waals surface area contributed by atoms with Crippen LogP contribution in [0.25, 0.3) is 0 Å². The molecule has 0 spiro atoms. The van der Waals surface area contributed by atoms with Crippen LogP contribution in [-0.2, 0) is 4.84 Å². The van der Waals surface area contributed by atoms with Crippen LogP contribution >= 0.6 is 0 Å². The van der Waals surface area contributed by atoms with Crippen molar-refractivity contribution in [3.63, 3.8) is 0 Å². The van der Waals surface area contributed by atoms with E-state index in [4.69, 9.17) is 10.0 Å². The van der Waals surface area contributed by atoms with Gasteiger partial charge < -0.3 is 10.8 Å². The zero-order valence-electron chi connectivity index (χ0n) is 3.37. The molecular formula is C2H4N2O3. The van der Waals surface area contributed by atoms with Crippen LogP contribution in [-0.4, -0.2) is 5.11 Å². The van der Waals surface area contributed by atoms with Crippen molar-refractivity contribution >= 4 is 0 Å². The van der Waals surface area contributed by atoms with Crippen molar-refractivity contribution in [1.29, 1.82) is 0 Å². The maximum atomic E-state index is 9.05. The van der Waals surface area contributed by atoms with Gasteiger partial charge in [-0.1, -0.05) is 0 Å². The normalized spacial score (nSPS) is 10.6. The summed E-state index contributed by atoms with van der Waals surface area (Å²) in [4.78, 5) is 12.6. The van der Waals surface area contributed by atoms with Gasteiger partial charge in [0, 0.05) is 0 Å². The molecule has 0 aliphatic carbocycles. The van der Waals surface area contributed by atoms with Gasteiger partial charge in [-0.05, 0) is 0 Å². The van der Waals surface area contributed by atoms with E-state index in [1.54, 1.807) is 0 Å². The van der Waals surface area contributed by atoms with E-state index in [0.717, 1.165) is 0 Å². The Hall–Kier alpha value is -1.26. The molecule has 7 heavy (non-hydrogen) atoms. The Morgan fingerprint density at radius 1 is 2.00 bits per heavy atom. The molecule has 0 aliphatic heterocycles. The molecule has 40 valence electrons. The maximum Gasteiger partial charge on any atom is 0.326 e. The van der Waals surface area contributed by atoms with E-state index in [1.807, 2.05) is 5.34 Å². The summed E-state index contributed by atoms with van der Waals surface area (Å²) in [6.07, 6.45) is 0.710. The molecular weight excluding hydrogens is 100 g/mol. The van der Waals surface area contributed by atoms with Crippen LogP contribution in [0.2, 0.25) is 0 Å². The van der Waals surface area contributed by atoms with Crippen LogP contribution in [0, 0.1) is 4.91 Å². The first-order valence-corrected chi connectivity index (χ1v) is 1.41. The van der Waals surface area contributed by atoms with Crippen LogP contribution in [0.4, 0.5) is 0 Å². The van der Waals surface area contributed by atoms with Crippen molar-refractivity contribution in [2.24, 2.45) is 11.1 Å². The van der Waals surface area contributed by atoms with Gasteiger partial charge in [-0.3, -0.25) is 4.84 Å². The highest BCUT2D eigenvalue weighted by Crippen LogP contribution is 1.84. The number of aliphatic hydroxyl groups is 1. The Morgan fingerprint density at radius 3 is 2.71 bits per heavy atom. The third-order valence-corrected chi connectivity index (χ3v) is 0.273. The van der Waals surface area contributed by atoms with Gasteiger partial charge in [0.05, 0.1) is 6.20 Å². The molecule has 0 radical (unpaired) electrons. The summed E-state index contributed by atoms with van der Waals surface area (Å²) in [6.45, 7) is 0. The molecule has 0 saturated carbocycles. The standard InChI is InChI=1S/C2H4N2O3/c3-1-2(5)7-4-6/h1,5H,3H2. The number of nitrogens with two attached hydrogens (primary N) is 1. The van der Waals surface area contributed by atoms with E-state index in [1.165, 1.54) is 0 Å². The topological polar surface area (TPSA) is 84.9 Å². The zero-order chi connectivity index (χ0) is 5.70. The molecule has 0 aromatic carbocycles. The van der Waals surface area contributed by atoms with Gasteiger partial charge in [-0.25, -0.2) is 0 Å². The minimum absolute atomic E-state index is 0.699. The monoisotopic (exact) mass is 104 g/mol. The second kappa shape index (κ2) is 2.95. The highest BCUT2D eigenvalue weighted by Gasteiger charge is 1.84. The van der Waals surface area contributed by atoms with Crippen molar-refractivity contribution in [3.8, 4) is 0 Å². The van der Waals surface area contributed by atoms with Gasteiger partial charge in [-0.2, -0.15) is 0 Å². The number of hydrogen-bond donors (Lipinski definition) is 2. The molecule has 5 nitrogen and oxygen atoms in total. The first-order valence-electron chi connectivity index (χ1n) is 1.41. The van der Waals surface area contributed by atoms with Crippen molar-refractivity contribution < 1.29 is 9.94 Å². The van der Waals surface area contributed by atoms with Gasteiger partial charge in [0.1, 0.15) is 0 Å². The van der Waals surface area contributed by atoms with Gasteiger partial charge in [0.25, 0.3) is 0 Å². The maximum absolute atomic E-state index is 9.05. The minimum Gasteiger partial charge on any atom is -0.478 e. The van der Waals surface area contributed by atoms with Gasteiger partial charge in [0.2, 0.25) is 0 Å². The van der Waals surface area contributed by atoms with Crippen LogP contribution in [0.3, 0.4) is 0 Å². The lowest BCUT2D eigenvalue weighted by molar-refractivity contribution is 0.0951. The Kier molecular flexibility index (Phi) is 2.42. The smallest absolute Gasteiger partial charge is 0.326 e. The lowest BCUT2D eigenvalue weighted by Gasteiger charge is -1.84. The minimum atomic E-state index is -0.699. The number of nitrogens with zero attached hydrogens (tertiary/aromatic N) is 1. The van der Waals surface area contributed by atoms with E-state index in [-0.39, 0.29) is 0 Å². The van der Waals surface area contributed by atoms with E-state index >= 15 is 0 Å². The Bertz CT molecular complexity index is 88.9. The number of rotatable bonds is 2. The first kappa shape index (κ1) is 5.74. The summed E-state index contributed by atoms with van der Waals surface area (Å²) in [5.41, 5.74) is 4.62. The summed E-state index contributed by atoms with van der Waals surface area (Å²) >= 11 is 0. The average molecular weight is 104 g/mol. The Labute approximate surface area is 39.3 Å². The van der Waals surface area contributed by atoms with Crippen molar-refractivity contribution in [2.75, 3.05) is 0 Å². The molecule has 0 rings (SSSR count). The first-order chi connectivity index (χ1) is 3.31. The second-order valence-corrected chi connectivity index (χ2v) is 0.671. The summed E-state index contributed by atoms with van der Waals surface area (Å²) in [5.74, 6) is -0.699. The summed E-state index contributed by atoms with van der Waals surface area (Å²) < 4.78 is 0. The SMILES string of the molecule is NC=C(O)ON=O. The zero-order valence-corrected chi connectivity index (χ0v) is 3.37. The van der Waals surface area contributed by atoms with E-state index in [9.17, 15) is 0 Å². The average Bonchev–Trinajstić information content (AvgIpc) is 1.68. The molecule has 0 amide bonds. The molecule has 3 N–H and O–H groups in total. The predicted molar refractivity (Wildman–Crippen MR) is 21.8 cm³/mol. The highest BCUT2D eigenvalue weighted by molar-refractivity contribution is 4.72. The number of aliphatic hydroxyl groups excluding tert-OH is 1. The lowest BCUT2D eigenvalue weighted by Crippen LogP contribution is -1.87. The lowest BCUT2D eigenvalue weighted by atomic mass is 10.9. The Balaban J connectivity index is 3.36. The second-order valence-electron chi connectivity index (χ2n) is 0.671. The molecule has 0 atom stereocenters. The van der Waals surface area contributed by atoms with Crippen LogP contribution in [0.5, 0.6) is 0 Å². The number of hydrogen-bond acceptors (Lipinski definition) is 5. The van der Waals surface area contributed by atoms with Crippen molar-refractivity contribution in [2.45, 2.75) is 0 Å². The molecule has 0 fully saturated rings. The van der Waals surface area contributed by atoms with Gasteiger partial charge in [-0.15, -0.1) is 4.91 Å². The quantitative estimate of drug-likeness (QED) is 0.293. The van der Waals surface area contributed by atoms with Crippen LogP contribution in [0.1, 0.15) is 0 Å². The Morgan fingerprint density at radius 2 is 2.57 bits per heavy atom. The molecule has 0 unspecified atom stereocenters. The fourth-order valence-electron chi connectivity index (χ4n) is 0.0686. The molecule has 5 heteroatoms. The van der Waals surface area contributed by atoms with Crippen LogP contribution in [0.15, 0.2) is 17.5 Å². The van der Waals surface area contributed by atoms with E-state index < -0.39 is 5.95 Å². The fraction of sp³-hybridized carbons (Fsp3) is 0. The molecule has 0 aromatic rings. The molecule has 0 heterocycles.